The fourth-order valence-electron chi connectivity index (χ4n) is 3.23. The van der Waals surface area contributed by atoms with Gasteiger partial charge in [0.1, 0.15) is 23.9 Å². The van der Waals surface area contributed by atoms with Crippen LogP contribution in [0.15, 0.2) is 28.7 Å². The third-order valence-corrected chi connectivity index (χ3v) is 4.70. The first-order valence-corrected chi connectivity index (χ1v) is 9.40. The van der Waals surface area contributed by atoms with E-state index in [0.29, 0.717) is 62.8 Å². The highest BCUT2D eigenvalue weighted by Crippen LogP contribution is 2.21. The highest BCUT2D eigenvalue weighted by Gasteiger charge is 2.25. The molecule has 1 amide bonds. The lowest BCUT2D eigenvalue weighted by Crippen LogP contribution is -2.35. The molecule has 1 aliphatic heterocycles. The van der Waals surface area contributed by atoms with E-state index in [0.717, 1.165) is 11.5 Å². The summed E-state index contributed by atoms with van der Waals surface area (Å²) in [6.07, 6.45) is 1.63. The summed E-state index contributed by atoms with van der Waals surface area (Å²) in [5, 5.41) is 12.3. The third kappa shape index (κ3) is 4.48. The smallest absolute Gasteiger partial charge is 0.223 e. The number of hydrogen-bond acceptors (Lipinski definition) is 7. The Hall–Kier alpha value is -3.14. The number of rotatable bonds is 7. The van der Waals surface area contributed by atoms with Crippen LogP contribution in [0.1, 0.15) is 30.2 Å². The van der Waals surface area contributed by atoms with Crippen molar-refractivity contribution in [1.82, 2.24) is 30.1 Å². The second-order valence-electron chi connectivity index (χ2n) is 6.80. The Bertz CT molecular complexity index is 984. The number of tetrazole rings is 1. The maximum absolute atomic E-state index is 13.0. The van der Waals surface area contributed by atoms with E-state index in [1.807, 2.05) is 0 Å². The number of ether oxygens (including phenoxy) is 1. The highest BCUT2D eigenvalue weighted by atomic mass is 19.1. The average Bonchev–Trinajstić information content (AvgIpc) is 3.34. The normalized spacial score (nSPS) is 13.5. The van der Waals surface area contributed by atoms with E-state index in [2.05, 4.69) is 20.4 Å². The molecule has 0 unspecified atom stereocenters. The Morgan fingerprint density at radius 2 is 2.14 bits per heavy atom. The van der Waals surface area contributed by atoms with E-state index in [4.69, 9.17) is 9.15 Å². The van der Waals surface area contributed by atoms with Crippen LogP contribution in [0.25, 0.3) is 11.4 Å². The number of carbonyl (C=O) groups is 1. The first-order chi connectivity index (χ1) is 14.1. The predicted octanol–water partition coefficient (Wildman–Crippen LogP) is 1.98. The van der Waals surface area contributed by atoms with Crippen LogP contribution in [0.2, 0.25) is 0 Å². The minimum atomic E-state index is -0.315. The third-order valence-electron chi connectivity index (χ3n) is 4.70. The monoisotopic (exact) mass is 400 g/mol. The molecule has 0 N–H and O–H groups in total. The molecule has 3 aromatic rings. The van der Waals surface area contributed by atoms with Gasteiger partial charge in [-0.05, 0) is 35.9 Å². The highest BCUT2D eigenvalue weighted by molar-refractivity contribution is 5.76. The number of methoxy groups -OCH3 is 1. The molecule has 0 fully saturated rings. The van der Waals surface area contributed by atoms with Crippen LogP contribution < -0.4 is 0 Å². The molecule has 4 rings (SSSR count). The predicted molar refractivity (Wildman–Crippen MR) is 98.8 cm³/mol. The first-order valence-electron chi connectivity index (χ1n) is 9.40. The van der Waals surface area contributed by atoms with Gasteiger partial charge in [-0.2, -0.15) is 4.80 Å². The standard InChI is InChI=1S/C19H21FN6O3/c1-28-12-17-21-15-11-25(10-8-16(15)29-17)18(27)3-2-9-26-23-19(22-24-26)13-4-6-14(20)7-5-13/h4-7H,2-3,8-12H2,1H3. The molecule has 0 radical (unpaired) electrons. The molecule has 0 aliphatic carbocycles. The summed E-state index contributed by atoms with van der Waals surface area (Å²) < 4.78 is 23.7. The summed E-state index contributed by atoms with van der Waals surface area (Å²) in [5.74, 6) is 1.55. The molecule has 0 bridgehead atoms. The van der Waals surface area contributed by atoms with Crippen LogP contribution in [-0.4, -0.2) is 49.7 Å². The van der Waals surface area contributed by atoms with Gasteiger partial charge >= 0.3 is 0 Å². The zero-order valence-electron chi connectivity index (χ0n) is 16.0. The summed E-state index contributed by atoms with van der Waals surface area (Å²) >= 11 is 0. The van der Waals surface area contributed by atoms with E-state index in [-0.39, 0.29) is 11.7 Å². The lowest BCUT2D eigenvalue weighted by Gasteiger charge is -2.25. The summed E-state index contributed by atoms with van der Waals surface area (Å²) in [4.78, 5) is 20.2. The lowest BCUT2D eigenvalue weighted by atomic mass is 10.1. The molecule has 9 nitrogen and oxygen atoms in total. The zero-order valence-corrected chi connectivity index (χ0v) is 16.0. The SMILES string of the molecule is COCc1nc2c(o1)CCN(C(=O)CCCn1nnc(-c3ccc(F)cc3)n1)C2. The molecule has 2 aromatic heterocycles. The zero-order chi connectivity index (χ0) is 20.2. The van der Waals surface area contributed by atoms with Gasteiger partial charge in [-0.15, -0.1) is 10.2 Å². The summed E-state index contributed by atoms with van der Waals surface area (Å²) in [6.45, 7) is 1.87. The molecule has 10 heteroatoms. The van der Waals surface area contributed by atoms with Gasteiger partial charge in [0, 0.05) is 32.1 Å². The van der Waals surface area contributed by atoms with Crippen LogP contribution in [-0.2, 0) is 35.6 Å². The number of benzene rings is 1. The Morgan fingerprint density at radius 1 is 1.31 bits per heavy atom. The van der Waals surface area contributed by atoms with Crippen molar-refractivity contribution in [3.63, 3.8) is 0 Å². The molecule has 0 saturated heterocycles. The number of hydrogen-bond donors (Lipinski definition) is 0. The van der Waals surface area contributed by atoms with Crippen LogP contribution in [0.5, 0.6) is 0 Å². The second kappa shape index (κ2) is 8.48. The van der Waals surface area contributed by atoms with Gasteiger partial charge in [-0.3, -0.25) is 4.79 Å². The van der Waals surface area contributed by atoms with E-state index in [1.54, 1.807) is 24.1 Å². The minimum absolute atomic E-state index is 0.0609. The average molecular weight is 400 g/mol. The Morgan fingerprint density at radius 3 is 2.93 bits per heavy atom. The van der Waals surface area contributed by atoms with Gasteiger partial charge in [0.2, 0.25) is 17.6 Å². The van der Waals surface area contributed by atoms with Gasteiger partial charge in [0.15, 0.2) is 0 Å². The number of oxazole rings is 1. The number of nitrogens with zero attached hydrogens (tertiary/aromatic N) is 6. The van der Waals surface area contributed by atoms with Crippen molar-refractivity contribution in [1.29, 1.82) is 0 Å². The Labute approximate surface area is 166 Å². The van der Waals surface area contributed by atoms with Crippen LogP contribution >= 0.6 is 0 Å². The van der Waals surface area contributed by atoms with Crippen molar-refractivity contribution in [2.45, 2.75) is 39.0 Å². The molecular weight excluding hydrogens is 379 g/mol. The van der Waals surface area contributed by atoms with Crippen LogP contribution in [0.3, 0.4) is 0 Å². The van der Waals surface area contributed by atoms with E-state index >= 15 is 0 Å². The number of aryl methyl sites for hydroxylation is 1. The first kappa shape index (κ1) is 19.2. The van der Waals surface area contributed by atoms with Crippen molar-refractivity contribution in [3.05, 3.63) is 47.4 Å². The summed E-state index contributed by atoms with van der Waals surface area (Å²) in [6, 6.07) is 5.91. The maximum Gasteiger partial charge on any atom is 0.223 e. The summed E-state index contributed by atoms with van der Waals surface area (Å²) in [5.41, 5.74) is 1.50. The van der Waals surface area contributed by atoms with Crippen molar-refractivity contribution in [2.75, 3.05) is 13.7 Å². The number of aromatic nitrogens is 5. The molecule has 0 atom stereocenters. The quantitative estimate of drug-likeness (QED) is 0.598. The van der Waals surface area contributed by atoms with Crippen molar-refractivity contribution in [2.24, 2.45) is 0 Å². The van der Waals surface area contributed by atoms with Gasteiger partial charge in [0.05, 0.1) is 13.1 Å². The molecule has 0 saturated carbocycles. The molecule has 1 aromatic carbocycles. The fourth-order valence-corrected chi connectivity index (χ4v) is 3.23. The number of carbonyl (C=O) groups excluding carboxylic acids is 1. The van der Waals surface area contributed by atoms with E-state index < -0.39 is 0 Å². The molecule has 1 aliphatic rings. The molecule has 3 heterocycles. The minimum Gasteiger partial charge on any atom is -0.443 e. The molecule has 152 valence electrons. The Kier molecular flexibility index (Phi) is 5.61. The van der Waals surface area contributed by atoms with Gasteiger partial charge in [0.25, 0.3) is 0 Å². The largest absolute Gasteiger partial charge is 0.443 e. The molecule has 29 heavy (non-hydrogen) atoms. The number of halogens is 1. The van der Waals surface area contributed by atoms with Crippen molar-refractivity contribution in [3.8, 4) is 11.4 Å². The van der Waals surface area contributed by atoms with Gasteiger partial charge in [-0.1, -0.05) is 0 Å². The fraction of sp³-hybridized carbons (Fsp3) is 0.421. The van der Waals surface area contributed by atoms with Crippen molar-refractivity contribution >= 4 is 5.91 Å². The van der Waals surface area contributed by atoms with Crippen LogP contribution in [0.4, 0.5) is 4.39 Å². The van der Waals surface area contributed by atoms with E-state index in [1.165, 1.54) is 16.9 Å². The summed E-state index contributed by atoms with van der Waals surface area (Å²) in [7, 11) is 1.59. The van der Waals surface area contributed by atoms with Crippen LogP contribution in [0, 0.1) is 5.82 Å². The van der Waals surface area contributed by atoms with Crippen molar-refractivity contribution < 1.29 is 18.3 Å². The molecular formula is C19H21FN6O3. The molecule has 0 spiro atoms. The number of amides is 1. The number of fused-ring (bicyclic) bond motifs is 1. The van der Waals surface area contributed by atoms with Gasteiger partial charge < -0.3 is 14.1 Å². The lowest BCUT2D eigenvalue weighted by molar-refractivity contribution is -0.132. The maximum atomic E-state index is 13.0. The second-order valence-corrected chi connectivity index (χ2v) is 6.80. The Balaban J connectivity index is 1.27. The van der Waals surface area contributed by atoms with Gasteiger partial charge in [-0.25, -0.2) is 9.37 Å². The topological polar surface area (TPSA) is 99.2 Å². The van der Waals surface area contributed by atoms with E-state index in [9.17, 15) is 9.18 Å².